The number of esters is 1. The molecular weight excluding hydrogens is 493 g/mol. The number of nitrogen functional groups attached to an aromatic ring is 1. The molecule has 0 saturated carbocycles. The number of amides is 2. The second-order valence-corrected chi connectivity index (χ2v) is 8.51. The fourth-order valence-electron chi connectivity index (χ4n) is 4.11. The Balaban J connectivity index is 1.44. The molecule has 1 unspecified atom stereocenters. The van der Waals surface area contributed by atoms with Gasteiger partial charge < -0.3 is 25.8 Å². The molecule has 4 aromatic rings. The van der Waals surface area contributed by atoms with Gasteiger partial charge in [-0.25, -0.2) is 28.5 Å². The van der Waals surface area contributed by atoms with Crippen LogP contribution in [0.15, 0.2) is 60.0 Å². The van der Waals surface area contributed by atoms with Crippen molar-refractivity contribution in [2.45, 2.75) is 19.9 Å². The number of ether oxygens (including phenoxy) is 2. The average molecular weight is 518 g/mol. The van der Waals surface area contributed by atoms with Gasteiger partial charge in [0.05, 0.1) is 17.9 Å². The first-order valence-electron chi connectivity index (χ1n) is 11.8. The number of aryl methyl sites for hydroxylation is 1. The van der Waals surface area contributed by atoms with E-state index in [-0.39, 0.29) is 30.6 Å². The van der Waals surface area contributed by atoms with Gasteiger partial charge in [-0.15, -0.1) is 0 Å². The number of fused-ring (bicyclic) bond motifs is 1. The molecule has 0 bridgehead atoms. The number of aliphatic imine (C=N–C) groups is 1. The zero-order valence-corrected chi connectivity index (χ0v) is 20.6. The summed E-state index contributed by atoms with van der Waals surface area (Å²) in [5, 5.41) is 9.44. The molecule has 11 nitrogen and oxygen atoms in total. The van der Waals surface area contributed by atoms with E-state index >= 15 is 0 Å². The van der Waals surface area contributed by atoms with Crippen LogP contribution in [0.25, 0.3) is 16.6 Å². The number of hydrogen-bond donors (Lipinski definition) is 3. The number of benzene rings is 2. The van der Waals surface area contributed by atoms with Crippen LogP contribution in [0.5, 0.6) is 0 Å². The van der Waals surface area contributed by atoms with Gasteiger partial charge in [0.1, 0.15) is 24.3 Å². The molecule has 1 aliphatic rings. The third kappa shape index (κ3) is 4.83. The van der Waals surface area contributed by atoms with Crippen LogP contribution in [-0.4, -0.2) is 51.8 Å². The fourth-order valence-corrected chi connectivity index (χ4v) is 4.11. The number of nitrogens with two attached hydrogens (primary N) is 1. The summed E-state index contributed by atoms with van der Waals surface area (Å²) in [6, 6.07) is 10.0. The summed E-state index contributed by atoms with van der Waals surface area (Å²) in [5.74, 6) is -0.504. The first kappa shape index (κ1) is 24.7. The Hall–Kier alpha value is -5.00. The van der Waals surface area contributed by atoms with Crippen LogP contribution in [0, 0.1) is 12.7 Å². The highest BCUT2D eigenvalue weighted by Crippen LogP contribution is 2.34. The Morgan fingerprint density at radius 3 is 2.76 bits per heavy atom. The minimum absolute atomic E-state index is 0.0560. The Kier molecular flexibility index (Phi) is 6.60. The van der Waals surface area contributed by atoms with Crippen LogP contribution in [0.3, 0.4) is 0 Å². The summed E-state index contributed by atoms with van der Waals surface area (Å²) in [4.78, 5) is 33.1. The van der Waals surface area contributed by atoms with E-state index in [0.29, 0.717) is 27.9 Å². The number of anilines is 3. The zero-order chi connectivity index (χ0) is 26.8. The van der Waals surface area contributed by atoms with Gasteiger partial charge in [-0.05, 0) is 49.2 Å². The van der Waals surface area contributed by atoms with Gasteiger partial charge in [0.15, 0.2) is 11.9 Å². The first-order chi connectivity index (χ1) is 18.3. The Morgan fingerprint density at radius 2 is 2.00 bits per heavy atom. The topological polar surface area (TPSA) is 145 Å². The molecule has 2 amide bonds. The monoisotopic (exact) mass is 517 g/mol. The van der Waals surface area contributed by atoms with Crippen LogP contribution in [0.1, 0.15) is 18.1 Å². The van der Waals surface area contributed by atoms with E-state index < -0.39 is 23.9 Å². The van der Waals surface area contributed by atoms with Gasteiger partial charge in [-0.3, -0.25) is 0 Å². The normalized spacial score (nSPS) is 14.6. The van der Waals surface area contributed by atoms with Crippen molar-refractivity contribution in [1.29, 1.82) is 0 Å². The molecule has 0 radical (unpaired) electrons. The molecule has 3 heterocycles. The van der Waals surface area contributed by atoms with Gasteiger partial charge >= 0.3 is 12.0 Å². The predicted octanol–water partition coefficient (Wildman–Crippen LogP) is 3.78. The van der Waals surface area contributed by atoms with Gasteiger partial charge in [-0.2, -0.15) is 5.10 Å². The highest BCUT2D eigenvalue weighted by molar-refractivity contribution is 6.08. The minimum atomic E-state index is -0.771. The molecular formula is C26H24FN7O4. The van der Waals surface area contributed by atoms with Crippen molar-refractivity contribution in [3.63, 3.8) is 0 Å². The van der Waals surface area contributed by atoms with Gasteiger partial charge in [0.25, 0.3) is 0 Å². The summed E-state index contributed by atoms with van der Waals surface area (Å²) >= 11 is 0. The SMILES string of the molecule is CCOC(=O)C1COC(c2cn3ncnc(N)c3c2-c2ccc(NC(=O)Nc3cc(C)ccc3F)cc2)=N1. The molecule has 0 saturated heterocycles. The van der Waals surface area contributed by atoms with Crippen molar-refractivity contribution in [1.82, 2.24) is 14.6 Å². The standard InChI is InChI=1S/C26H24FN7O4/c1-3-37-25(35)20-12-38-24(32-20)17-11-34-22(23(28)29-13-30-34)21(17)15-5-7-16(8-6-15)31-26(36)33-19-10-14(2)4-9-18(19)27/h4-11,13,20H,3,12H2,1-2H3,(H2,28,29,30)(H2,31,33,36). The summed E-state index contributed by atoms with van der Waals surface area (Å²) in [7, 11) is 0. The summed E-state index contributed by atoms with van der Waals surface area (Å²) in [6.45, 7) is 3.83. The van der Waals surface area contributed by atoms with Crippen molar-refractivity contribution >= 4 is 40.6 Å². The second kappa shape index (κ2) is 10.2. The lowest BCUT2D eigenvalue weighted by Crippen LogP contribution is -2.22. The van der Waals surface area contributed by atoms with Crippen molar-refractivity contribution < 1.29 is 23.5 Å². The van der Waals surface area contributed by atoms with Gasteiger partial charge in [0, 0.05) is 17.4 Å². The highest BCUT2D eigenvalue weighted by Gasteiger charge is 2.31. The first-order valence-corrected chi connectivity index (χ1v) is 11.8. The molecule has 2 aromatic heterocycles. The number of hydrogen-bond acceptors (Lipinski definition) is 8. The van der Waals surface area contributed by atoms with Gasteiger partial charge in [-0.1, -0.05) is 18.2 Å². The highest BCUT2D eigenvalue weighted by atomic mass is 19.1. The molecule has 2 aromatic carbocycles. The number of urea groups is 1. The molecule has 5 rings (SSSR count). The maximum Gasteiger partial charge on any atom is 0.334 e. The third-order valence-corrected chi connectivity index (χ3v) is 5.84. The zero-order valence-electron chi connectivity index (χ0n) is 20.6. The lowest BCUT2D eigenvalue weighted by atomic mass is 10.0. The quantitative estimate of drug-likeness (QED) is 0.330. The number of carbonyl (C=O) groups excluding carboxylic acids is 2. The molecule has 4 N–H and O–H groups in total. The van der Waals surface area contributed by atoms with Crippen LogP contribution >= 0.6 is 0 Å². The third-order valence-electron chi connectivity index (χ3n) is 5.84. The van der Waals surface area contributed by atoms with E-state index in [1.54, 1.807) is 61.0 Å². The molecule has 1 aliphatic heterocycles. The van der Waals surface area contributed by atoms with Crippen molar-refractivity contribution in [2.75, 3.05) is 29.6 Å². The number of nitrogens with zero attached hydrogens (tertiary/aromatic N) is 4. The van der Waals surface area contributed by atoms with Crippen molar-refractivity contribution in [3.8, 4) is 11.1 Å². The fraction of sp³-hybridized carbons (Fsp3) is 0.192. The molecule has 0 spiro atoms. The minimum Gasteiger partial charge on any atom is -0.474 e. The number of halogens is 1. The summed E-state index contributed by atoms with van der Waals surface area (Å²) in [6.07, 6.45) is 3.03. The van der Waals surface area contributed by atoms with Crippen LogP contribution in [-0.2, 0) is 14.3 Å². The van der Waals surface area contributed by atoms with E-state index in [1.807, 2.05) is 0 Å². The lowest BCUT2D eigenvalue weighted by Gasteiger charge is -2.10. The van der Waals surface area contributed by atoms with Crippen LogP contribution in [0.2, 0.25) is 0 Å². The number of nitrogens with one attached hydrogen (secondary N) is 2. The van der Waals surface area contributed by atoms with E-state index in [9.17, 15) is 14.0 Å². The van der Waals surface area contributed by atoms with E-state index in [4.69, 9.17) is 15.2 Å². The molecule has 0 aliphatic carbocycles. The number of aromatic nitrogens is 3. The number of carbonyl (C=O) groups is 2. The Morgan fingerprint density at radius 1 is 1.21 bits per heavy atom. The van der Waals surface area contributed by atoms with E-state index in [0.717, 1.165) is 5.56 Å². The van der Waals surface area contributed by atoms with E-state index in [1.165, 1.54) is 12.4 Å². The largest absolute Gasteiger partial charge is 0.474 e. The lowest BCUT2D eigenvalue weighted by molar-refractivity contribution is -0.144. The molecule has 0 fully saturated rings. The molecule has 38 heavy (non-hydrogen) atoms. The van der Waals surface area contributed by atoms with Crippen molar-refractivity contribution in [3.05, 3.63) is 71.9 Å². The molecule has 12 heteroatoms. The maximum atomic E-state index is 14.0. The molecule has 194 valence electrons. The van der Waals surface area contributed by atoms with E-state index in [2.05, 4.69) is 25.7 Å². The maximum absolute atomic E-state index is 14.0. The Labute approximate surface area is 216 Å². The summed E-state index contributed by atoms with van der Waals surface area (Å²) in [5.41, 5.74) is 10.0. The average Bonchev–Trinajstić information content (AvgIpc) is 3.53. The number of rotatable bonds is 6. The second-order valence-electron chi connectivity index (χ2n) is 8.51. The van der Waals surface area contributed by atoms with Crippen molar-refractivity contribution in [2.24, 2.45) is 4.99 Å². The van der Waals surface area contributed by atoms with Gasteiger partial charge in [0.2, 0.25) is 5.90 Å². The smallest absolute Gasteiger partial charge is 0.334 e. The predicted molar refractivity (Wildman–Crippen MR) is 140 cm³/mol. The van der Waals surface area contributed by atoms with Crippen LogP contribution in [0.4, 0.5) is 26.4 Å². The van der Waals surface area contributed by atoms with Crippen LogP contribution < -0.4 is 16.4 Å². The Bertz CT molecular complexity index is 1570. The summed E-state index contributed by atoms with van der Waals surface area (Å²) < 4.78 is 26.4. The molecule has 1 atom stereocenters.